The highest BCUT2D eigenvalue weighted by Gasteiger charge is 2.04. The van der Waals surface area contributed by atoms with Crippen LogP contribution >= 0.6 is 11.8 Å². The lowest BCUT2D eigenvalue weighted by Crippen LogP contribution is -2.21. The molecule has 0 aromatic heterocycles. The summed E-state index contributed by atoms with van der Waals surface area (Å²) in [5, 5.41) is 3.51. The van der Waals surface area contributed by atoms with Gasteiger partial charge in [0, 0.05) is 38.1 Å². The van der Waals surface area contributed by atoms with Crippen LogP contribution in [-0.4, -0.2) is 32.6 Å². The van der Waals surface area contributed by atoms with Crippen LogP contribution in [0.15, 0.2) is 24.3 Å². The minimum atomic E-state index is 0.434. The molecule has 1 aromatic carbocycles. The number of nitrogens with zero attached hydrogens (tertiary/aromatic N) is 1. The molecular weight excluding hydrogens is 216 g/mol. The molecule has 2 nitrogen and oxygen atoms in total. The standard InChI is InChI=1S/C13H22N2S/c1-11(14-9-10-16-4)12-5-7-13(8-6-12)15(2)3/h5-8,11,14H,9-10H2,1-4H3. The highest BCUT2D eigenvalue weighted by atomic mass is 32.2. The SMILES string of the molecule is CSCCNC(C)c1ccc(N(C)C)cc1. The molecule has 3 heteroatoms. The van der Waals surface area contributed by atoms with Crippen LogP contribution in [0.5, 0.6) is 0 Å². The summed E-state index contributed by atoms with van der Waals surface area (Å²) in [6.45, 7) is 3.28. The van der Waals surface area contributed by atoms with Gasteiger partial charge in [0.25, 0.3) is 0 Å². The van der Waals surface area contributed by atoms with Crippen molar-refractivity contribution in [1.29, 1.82) is 0 Å². The van der Waals surface area contributed by atoms with Gasteiger partial charge in [0.15, 0.2) is 0 Å². The zero-order chi connectivity index (χ0) is 12.0. The number of anilines is 1. The minimum absolute atomic E-state index is 0.434. The summed E-state index contributed by atoms with van der Waals surface area (Å²) in [7, 11) is 4.13. The van der Waals surface area contributed by atoms with Gasteiger partial charge in [-0.05, 0) is 30.9 Å². The van der Waals surface area contributed by atoms with Crippen molar-refractivity contribution in [2.24, 2.45) is 0 Å². The normalized spacial score (nSPS) is 12.5. The smallest absolute Gasteiger partial charge is 0.0361 e. The predicted octanol–water partition coefficient (Wildman–Crippen LogP) is 2.77. The molecule has 0 saturated heterocycles. The van der Waals surface area contributed by atoms with Gasteiger partial charge in [0.2, 0.25) is 0 Å². The van der Waals surface area contributed by atoms with E-state index in [4.69, 9.17) is 0 Å². The van der Waals surface area contributed by atoms with Gasteiger partial charge in [-0.2, -0.15) is 11.8 Å². The zero-order valence-electron chi connectivity index (χ0n) is 10.7. The second-order valence-corrected chi connectivity index (χ2v) is 5.14. The number of hydrogen-bond acceptors (Lipinski definition) is 3. The maximum atomic E-state index is 3.51. The van der Waals surface area contributed by atoms with Crippen LogP contribution in [0.1, 0.15) is 18.5 Å². The first-order chi connectivity index (χ1) is 7.65. The Balaban J connectivity index is 2.52. The van der Waals surface area contributed by atoms with Gasteiger partial charge in [-0.1, -0.05) is 12.1 Å². The number of benzene rings is 1. The molecule has 90 valence electrons. The molecule has 0 aliphatic heterocycles. The van der Waals surface area contributed by atoms with Crippen molar-refractivity contribution in [2.75, 3.05) is 37.5 Å². The van der Waals surface area contributed by atoms with E-state index < -0.39 is 0 Å². The van der Waals surface area contributed by atoms with Gasteiger partial charge < -0.3 is 10.2 Å². The Kier molecular flexibility index (Phi) is 5.71. The molecule has 1 aromatic rings. The van der Waals surface area contributed by atoms with Crippen LogP contribution in [0.25, 0.3) is 0 Å². The fraction of sp³-hybridized carbons (Fsp3) is 0.538. The predicted molar refractivity (Wildman–Crippen MR) is 75.6 cm³/mol. The van der Waals surface area contributed by atoms with Crippen molar-refractivity contribution in [3.05, 3.63) is 29.8 Å². The van der Waals surface area contributed by atoms with Crippen molar-refractivity contribution in [3.63, 3.8) is 0 Å². The average molecular weight is 238 g/mol. The molecule has 0 aliphatic carbocycles. The molecule has 0 fully saturated rings. The van der Waals surface area contributed by atoms with Crippen LogP contribution < -0.4 is 10.2 Å². The first-order valence-electron chi connectivity index (χ1n) is 5.64. The van der Waals surface area contributed by atoms with E-state index in [0.29, 0.717) is 6.04 Å². The summed E-state index contributed by atoms with van der Waals surface area (Å²) in [5.74, 6) is 1.17. The summed E-state index contributed by atoms with van der Waals surface area (Å²) in [4.78, 5) is 2.12. The first-order valence-corrected chi connectivity index (χ1v) is 7.04. The molecule has 0 aliphatic rings. The van der Waals surface area contributed by atoms with Gasteiger partial charge in [-0.3, -0.25) is 0 Å². The summed E-state index contributed by atoms with van der Waals surface area (Å²) < 4.78 is 0. The lowest BCUT2D eigenvalue weighted by atomic mass is 10.1. The van der Waals surface area contributed by atoms with Crippen molar-refractivity contribution >= 4 is 17.4 Å². The fourth-order valence-corrected chi connectivity index (χ4v) is 1.88. The summed E-state index contributed by atoms with van der Waals surface area (Å²) in [6, 6.07) is 9.17. The van der Waals surface area contributed by atoms with Crippen LogP contribution in [0.3, 0.4) is 0 Å². The molecule has 1 N–H and O–H groups in total. The average Bonchev–Trinajstić information content (AvgIpc) is 2.29. The molecule has 1 rings (SSSR count). The molecule has 0 heterocycles. The maximum absolute atomic E-state index is 3.51. The Hall–Kier alpha value is -0.670. The van der Waals surface area contributed by atoms with Crippen molar-refractivity contribution in [2.45, 2.75) is 13.0 Å². The van der Waals surface area contributed by atoms with E-state index in [1.807, 2.05) is 11.8 Å². The Morgan fingerprint density at radius 1 is 1.25 bits per heavy atom. The number of thioether (sulfide) groups is 1. The molecular formula is C13H22N2S. The van der Waals surface area contributed by atoms with E-state index in [0.717, 1.165) is 6.54 Å². The van der Waals surface area contributed by atoms with Crippen molar-refractivity contribution in [1.82, 2.24) is 5.32 Å². The van der Waals surface area contributed by atoms with Crippen LogP contribution in [0.2, 0.25) is 0 Å². The van der Waals surface area contributed by atoms with E-state index in [2.05, 4.69) is 61.8 Å². The lowest BCUT2D eigenvalue weighted by molar-refractivity contribution is 0.601. The molecule has 0 amide bonds. The highest BCUT2D eigenvalue weighted by molar-refractivity contribution is 7.98. The third-order valence-electron chi connectivity index (χ3n) is 2.67. The van der Waals surface area contributed by atoms with Gasteiger partial charge in [-0.15, -0.1) is 0 Å². The molecule has 0 bridgehead atoms. The highest BCUT2D eigenvalue weighted by Crippen LogP contribution is 2.17. The summed E-state index contributed by atoms with van der Waals surface area (Å²) >= 11 is 1.88. The Bertz CT molecular complexity index is 295. The molecule has 16 heavy (non-hydrogen) atoms. The second kappa shape index (κ2) is 6.81. The molecule has 1 atom stereocenters. The van der Waals surface area contributed by atoms with Gasteiger partial charge in [0.05, 0.1) is 0 Å². The molecule has 0 saturated carbocycles. The maximum Gasteiger partial charge on any atom is 0.0361 e. The van der Waals surface area contributed by atoms with Crippen LogP contribution in [0.4, 0.5) is 5.69 Å². The van der Waals surface area contributed by atoms with E-state index >= 15 is 0 Å². The van der Waals surface area contributed by atoms with Gasteiger partial charge in [0.1, 0.15) is 0 Å². The Labute approximate surface area is 103 Å². The molecule has 1 unspecified atom stereocenters. The lowest BCUT2D eigenvalue weighted by Gasteiger charge is -2.16. The van der Waals surface area contributed by atoms with E-state index in [1.54, 1.807) is 0 Å². The number of hydrogen-bond donors (Lipinski definition) is 1. The largest absolute Gasteiger partial charge is 0.378 e. The second-order valence-electron chi connectivity index (χ2n) is 4.15. The molecule has 0 radical (unpaired) electrons. The minimum Gasteiger partial charge on any atom is -0.378 e. The quantitative estimate of drug-likeness (QED) is 0.767. The van der Waals surface area contributed by atoms with Gasteiger partial charge >= 0.3 is 0 Å². The zero-order valence-corrected chi connectivity index (χ0v) is 11.5. The number of nitrogens with one attached hydrogen (secondary N) is 1. The Morgan fingerprint density at radius 3 is 2.38 bits per heavy atom. The number of rotatable bonds is 6. The first kappa shape index (κ1) is 13.4. The van der Waals surface area contributed by atoms with Crippen LogP contribution in [-0.2, 0) is 0 Å². The van der Waals surface area contributed by atoms with Gasteiger partial charge in [-0.25, -0.2) is 0 Å². The van der Waals surface area contributed by atoms with Crippen LogP contribution in [0, 0.1) is 0 Å². The topological polar surface area (TPSA) is 15.3 Å². The van der Waals surface area contributed by atoms with Crippen molar-refractivity contribution < 1.29 is 0 Å². The third kappa shape index (κ3) is 4.06. The summed E-state index contributed by atoms with van der Waals surface area (Å²) in [5.41, 5.74) is 2.60. The fourth-order valence-electron chi connectivity index (χ4n) is 1.56. The van der Waals surface area contributed by atoms with E-state index in [1.165, 1.54) is 17.0 Å². The van der Waals surface area contributed by atoms with E-state index in [-0.39, 0.29) is 0 Å². The Morgan fingerprint density at radius 2 is 1.88 bits per heavy atom. The monoisotopic (exact) mass is 238 g/mol. The van der Waals surface area contributed by atoms with E-state index in [9.17, 15) is 0 Å². The summed E-state index contributed by atoms with van der Waals surface area (Å²) in [6.07, 6.45) is 2.14. The van der Waals surface area contributed by atoms with Crippen molar-refractivity contribution in [3.8, 4) is 0 Å². The third-order valence-corrected chi connectivity index (χ3v) is 3.28. The molecule has 0 spiro atoms.